The highest BCUT2D eigenvalue weighted by Crippen LogP contribution is 2.23. The maximum Gasteiger partial charge on any atom is 0.220 e. The van der Waals surface area contributed by atoms with Gasteiger partial charge < -0.3 is 40.3 Å². The van der Waals surface area contributed by atoms with Crippen molar-refractivity contribution in [3.05, 3.63) is 48.6 Å². The summed E-state index contributed by atoms with van der Waals surface area (Å²) in [6, 6.07) is -0.726. The third-order valence-electron chi connectivity index (χ3n) is 13.4. The van der Waals surface area contributed by atoms with Gasteiger partial charge in [0.25, 0.3) is 0 Å². The highest BCUT2D eigenvalue weighted by Gasteiger charge is 2.44. The van der Waals surface area contributed by atoms with Crippen LogP contribution in [0.3, 0.4) is 0 Å². The molecule has 0 aliphatic carbocycles. The molecule has 0 radical (unpaired) electrons. The molecule has 1 rings (SSSR count). The van der Waals surface area contributed by atoms with Crippen LogP contribution in [0, 0.1) is 0 Å². The van der Waals surface area contributed by atoms with Crippen molar-refractivity contribution in [2.24, 2.45) is 0 Å². The fourth-order valence-electron chi connectivity index (χ4n) is 8.98. The van der Waals surface area contributed by atoms with Crippen molar-refractivity contribution in [1.29, 1.82) is 0 Å². The van der Waals surface area contributed by atoms with Crippen LogP contribution in [0.4, 0.5) is 0 Å². The van der Waals surface area contributed by atoms with Crippen LogP contribution in [0.2, 0.25) is 0 Å². The summed E-state index contributed by atoms with van der Waals surface area (Å²) >= 11 is 0. The number of rotatable bonds is 48. The minimum absolute atomic E-state index is 0.142. The maximum absolute atomic E-state index is 13.1. The molecule has 1 aliphatic heterocycles. The number of allylic oxidation sites excluding steroid dienone is 8. The monoisotopic (exact) mass is 946 g/mol. The number of carbonyl (C=O) groups excluding carboxylic acids is 1. The van der Waals surface area contributed by atoms with Crippen molar-refractivity contribution in [2.45, 2.75) is 301 Å². The zero-order chi connectivity index (χ0) is 48.7. The van der Waals surface area contributed by atoms with Gasteiger partial charge in [0, 0.05) is 6.42 Å². The average Bonchev–Trinajstić information content (AvgIpc) is 3.33. The first-order valence-corrected chi connectivity index (χ1v) is 28.3. The highest BCUT2D eigenvalue weighted by molar-refractivity contribution is 5.76. The minimum atomic E-state index is -1.56. The van der Waals surface area contributed by atoms with E-state index in [0.717, 1.165) is 70.6 Å². The second kappa shape index (κ2) is 47.8. The highest BCUT2D eigenvalue weighted by atomic mass is 16.7. The van der Waals surface area contributed by atoms with E-state index < -0.39 is 49.5 Å². The average molecular weight is 946 g/mol. The molecule has 392 valence electrons. The summed E-state index contributed by atoms with van der Waals surface area (Å²) < 4.78 is 11.3. The zero-order valence-corrected chi connectivity index (χ0v) is 43.4. The van der Waals surface area contributed by atoms with Crippen molar-refractivity contribution in [1.82, 2.24) is 5.32 Å². The van der Waals surface area contributed by atoms with E-state index in [1.54, 1.807) is 0 Å². The number of aliphatic hydroxyl groups is 5. The van der Waals surface area contributed by atoms with Crippen LogP contribution in [0.5, 0.6) is 0 Å². The molecule has 6 N–H and O–H groups in total. The first kappa shape index (κ1) is 63.2. The Bertz CT molecular complexity index is 1190. The third kappa shape index (κ3) is 37.6. The second-order valence-corrected chi connectivity index (χ2v) is 19.7. The van der Waals surface area contributed by atoms with Crippen LogP contribution in [-0.4, -0.2) is 87.5 Å². The van der Waals surface area contributed by atoms with Crippen LogP contribution >= 0.6 is 0 Å². The van der Waals surface area contributed by atoms with Crippen LogP contribution in [-0.2, 0) is 14.3 Å². The summed E-state index contributed by atoms with van der Waals surface area (Å²) in [6.07, 6.45) is 55.6. The first-order valence-electron chi connectivity index (χ1n) is 28.3. The molecular formula is C58H107NO8. The van der Waals surface area contributed by atoms with Crippen molar-refractivity contribution >= 4 is 5.91 Å². The summed E-state index contributed by atoms with van der Waals surface area (Å²) in [5, 5.41) is 54.7. The van der Waals surface area contributed by atoms with E-state index in [9.17, 15) is 30.3 Å². The molecule has 0 saturated carbocycles. The molecule has 9 nitrogen and oxygen atoms in total. The van der Waals surface area contributed by atoms with Crippen molar-refractivity contribution in [3.63, 3.8) is 0 Å². The molecule has 9 heteroatoms. The molecule has 0 spiro atoms. The summed E-state index contributed by atoms with van der Waals surface area (Å²) in [7, 11) is 0. The molecule has 1 heterocycles. The Labute approximate surface area is 412 Å². The SMILES string of the molecule is CC/C=C\C/C=C\C/C=C\C/C=C\CCCCCCCCCCC(=O)NC(COC1OC(CO)C(O)C(O)C1O)C(O)CCCCCCCCCCCCCCCCCCCCCCCCC. The number of hydrogen-bond acceptors (Lipinski definition) is 8. The number of hydrogen-bond donors (Lipinski definition) is 6. The van der Waals surface area contributed by atoms with Gasteiger partial charge in [0.15, 0.2) is 6.29 Å². The summed E-state index contributed by atoms with van der Waals surface area (Å²) in [4.78, 5) is 13.1. The van der Waals surface area contributed by atoms with Gasteiger partial charge >= 0.3 is 0 Å². The van der Waals surface area contributed by atoms with Crippen molar-refractivity contribution < 1.29 is 39.8 Å². The molecule has 1 amide bonds. The number of amides is 1. The number of carbonyl (C=O) groups is 1. The van der Waals surface area contributed by atoms with E-state index in [4.69, 9.17) is 9.47 Å². The molecule has 7 atom stereocenters. The fourth-order valence-corrected chi connectivity index (χ4v) is 8.98. The number of aliphatic hydroxyl groups excluding tert-OH is 5. The molecule has 67 heavy (non-hydrogen) atoms. The number of ether oxygens (including phenoxy) is 2. The summed E-state index contributed by atoms with van der Waals surface area (Å²) in [5.41, 5.74) is 0. The zero-order valence-electron chi connectivity index (χ0n) is 43.4. The molecule has 7 unspecified atom stereocenters. The largest absolute Gasteiger partial charge is 0.394 e. The fraction of sp³-hybridized carbons (Fsp3) is 0.845. The van der Waals surface area contributed by atoms with E-state index in [1.807, 2.05) is 0 Å². The van der Waals surface area contributed by atoms with E-state index >= 15 is 0 Å². The standard InChI is InChI=1S/C58H107NO8/c1-3-5-7-9-11-13-15-17-19-21-23-25-26-28-29-31-33-35-37-39-41-43-45-47-52(61)51(50-66-58-57(65)56(64)55(63)53(49-60)67-58)59-54(62)48-46-44-42-40-38-36-34-32-30-27-24-22-20-18-16-14-12-10-8-6-4-2/h6,8,12,14,18,20,24,27,51-53,55-58,60-61,63-65H,3-5,7,9-11,13,15-17,19,21-23,25-26,28-50H2,1-2H3,(H,59,62)/b8-6-,14-12-,20-18-,27-24-. The van der Waals surface area contributed by atoms with Gasteiger partial charge in [-0.15, -0.1) is 0 Å². The molecule has 0 bridgehead atoms. The normalized spacial score (nSPS) is 20.0. The predicted molar refractivity (Wildman–Crippen MR) is 281 cm³/mol. The van der Waals surface area contributed by atoms with Crippen LogP contribution in [0.15, 0.2) is 48.6 Å². The lowest BCUT2D eigenvalue weighted by molar-refractivity contribution is -0.302. The van der Waals surface area contributed by atoms with Gasteiger partial charge in [0.2, 0.25) is 5.91 Å². The van der Waals surface area contributed by atoms with Crippen molar-refractivity contribution in [2.75, 3.05) is 13.2 Å². The quantitative estimate of drug-likeness (QED) is 0.0261. The lowest BCUT2D eigenvalue weighted by Crippen LogP contribution is -2.60. The van der Waals surface area contributed by atoms with E-state index in [-0.39, 0.29) is 12.5 Å². The Balaban J connectivity index is 2.23. The molecular weight excluding hydrogens is 839 g/mol. The Hall–Kier alpha value is -1.85. The Morgan fingerprint density at radius 1 is 0.522 bits per heavy atom. The first-order chi connectivity index (χ1) is 32.8. The topological polar surface area (TPSA) is 149 Å². The summed E-state index contributed by atoms with van der Waals surface area (Å²) in [6.45, 7) is 3.74. The van der Waals surface area contributed by atoms with E-state index in [0.29, 0.717) is 12.8 Å². The van der Waals surface area contributed by atoms with Crippen LogP contribution in [0.1, 0.15) is 258 Å². The van der Waals surface area contributed by atoms with Crippen LogP contribution in [0.25, 0.3) is 0 Å². The smallest absolute Gasteiger partial charge is 0.220 e. The van der Waals surface area contributed by atoms with Gasteiger partial charge in [0.1, 0.15) is 24.4 Å². The summed E-state index contributed by atoms with van der Waals surface area (Å²) in [5.74, 6) is -0.151. The Kier molecular flexibility index (Phi) is 45.1. The van der Waals surface area contributed by atoms with Gasteiger partial charge in [-0.25, -0.2) is 0 Å². The Morgan fingerprint density at radius 2 is 0.925 bits per heavy atom. The molecule has 1 fully saturated rings. The van der Waals surface area contributed by atoms with Gasteiger partial charge in [-0.2, -0.15) is 0 Å². The molecule has 0 aromatic heterocycles. The lowest BCUT2D eigenvalue weighted by atomic mass is 9.99. The predicted octanol–water partition coefficient (Wildman–Crippen LogP) is 13.7. The molecule has 1 saturated heterocycles. The van der Waals surface area contributed by atoms with Gasteiger partial charge in [-0.1, -0.05) is 249 Å². The number of unbranched alkanes of at least 4 members (excludes halogenated alkanes) is 30. The van der Waals surface area contributed by atoms with Crippen molar-refractivity contribution in [3.8, 4) is 0 Å². The van der Waals surface area contributed by atoms with Gasteiger partial charge in [0.05, 0.1) is 25.4 Å². The minimum Gasteiger partial charge on any atom is -0.394 e. The third-order valence-corrected chi connectivity index (χ3v) is 13.4. The molecule has 1 aliphatic rings. The van der Waals surface area contributed by atoms with Gasteiger partial charge in [-0.3, -0.25) is 4.79 Å². The molecule has 0 aromatic rings. The maximum atomic E-state index is 13.1. The Morgan fingerprint density at radius 3 is 1.37 bits per heavy atom. The van der Waals surface area contributed by atoms with E-state index in [1.165, 1.54) is 161 Å². The second-order valence-electron chi connectivity index (χ2n) is 19.7. The lowest BCUT2D eigenvalue weighted by Gasteiger charge is -2.40. The number of nitrogens with one attached hydrogen (secondary N) is 1. The van der Waals surface area contributed by atoms with E-state index in [2.05, 4.69) is 67.8 Å². The van der Waals surface area contributed by atoms with Crippen LogP contribution < -0.4 is 5.32 Å². The molecule has 0 aromatic carbocycles. The van der Waals surface area contributed by atoms with Gasteiger partial charge in [-0.05, 0) is 51.4 Å².